The highest BCUT2D eigenvalue weighted by Crippen LogP contribution is 2.29. The monoisotopic (exact) mass is 350 g/mol. The highest BCUT2D eigenvalue weighted by molar-refractivity contribution is 6.00. The molecular weight excluding hydrogens is 328 g/mol. The predicted molar refractivity (Wildman–Crippen MR) is 99.9 cm³/mol. The molecule has 1 N–H and O–H groups in total. The molecule has 0 aliphatic heterocycles. The molecule has 1 fully saturated rings. The van der Waals surface area contributed by atoms with Crippen LogP contribution in [0.3, 0.4) is 0 Å². The molecule has 0 saturated heterocycles. The van der Waals surface area contributed by atoms with E-state index < -0.39 is 0 Å². The zero-order valence-electron chi connectivity index (χ0n) is 14.6. The maximum Gasteiger partial charge on any atom is 0.251 e. The van der Waals surface area contributed by atoms with Crippen molar-refractivity contribution in [1.82, 2.24) is 10.5 Å². The molecule has 26 heavy (non-hydrogen) atoms. The second-order valence-corrected chi connectivity index (χ2v) is 6.74. The number of fused-ring (bicyclic) bond motifs is 1. The molecule has 1 aliphatic carbocycles. The van der Waals surface area contributed by atoms with Crippen LogP contribution in [0.2, 0.25) is 0 Å². The fourth-order valence-electron chi connectivity index (χ4n) is 2.89. The highest BCUT2D eigenvalue weighted by Gasteiger charge is 2.20. The van der Waals surface area contributed by atoms with Gasteiger partial charge in [-0.2, -0.15) is 0 Å². The van der Waals surface area contributed by atoms with Crippen LogP contribution in [0.5, 0.6) is 0 Å². The minimum Gasteiger partial charge on any atom is -0.381 e. The molecule has 0 radical (unpaired) electrons. The number of amides is 1. The number of rotatable bonds is 8. The van der Waals surface area contributed by atoms with Gasteiger partial charge in [-0.3, -0.25) is 4.79 Å². The van der Waals surface area contributed by atoms with E-state index in [1.54, 1.807) is 6.07 Å². The van der Waals surface area contributed by atoms with Crippen molar-refractivity contribution in [2.75, 3.05) is 19.8 Å². The lowest BCUT2D eigenvalue weighted by molar-refractivity contribution is 0.0937. The van der Waals surface area contributed by atoms with Crippen LogP contribution in [0.4, 0.5) is 0 Å². The van der Waals surface area contributed by atoms with E-state index in [0.29, 0.717) is 24.5 Å². The van der Waals surface area contributed by atoms with E-state index >= 15 is 0 Å². The number of carbonyl (C=O) groups is 1. The molecule has 5 nitrogen and oxygen atoms in total. The number of hydrogen-bond acceptors (Lipinski definition) is 4. The minimum absolute atomic E-state index is 0.0886. The smallest absolute Gasteiger partial charge is 0.251 e. The van der Waals surface area contributed by atoms with Crippen LogP contribution >= 0.6 is 0 Å². The van der Waals surface area contributed by atoms with Crippen LogP contribution in [0.1, 0.15) is 29.6 Å². The minimum atomic E-state index is -0.0886. The molecule has 1 aromatic heterocycles. The van der Waals surface area contributed by atoms with Crippen molar-refractivity contribution < 1.29 is 14.1 Å². The van der Waals surface area contributed by atoms with Crippen molar-refractivity contribution in [2.45, 2.75) is 19.3 Å². The summed E-state index contributed by atoms with van der Waals surface area (Å²) in [5.74, 6) is 1.37. The molecular formula is C21H22N2O3. The van der Waals surface area contributed by atoms with Gasteiger partial charge in [-0.25, -0.2) is 0 Å². The second kappa shape index (κ2) is 7.70. The first-order valence-electron chi connectivity index (χ1n) is 9.12. The van der Waals surface area contributed by atoms with Gasteiger partial charge in [-0.1, -0.05) is 35.5 Å². The van der Waals surface area contributed by atoms with Gasteiger partial charge in [0.2, 0.25) is 0 Å². The van der Waals surface area contributed by atoms with Crippen LogP contribution in [0, 0.1) is 5.92 Å². The summed E-state index contributed by atoms with van der Waals surface area (Å²) in [7, 11) is 0. The lowest BCUT2D eigenvalue weighted by Crippen LogP contribution is -2.25. The summed E-state index contributed by atoms with van der Waals surface area (Å²) in [6.07, 6.45) is 3.42. The molecule has 1 heterocycles. The van der Waals surface area contributed by atoms with Crippen LogP contribution in [0.25, 0.3) is 22.2 Å². The highest BCUT2D eigenvalue weighted by atomic mass is 16.5. The quantitative estimate of drug-likeness (QED) is 0.623. The SMILES string of the molecule is O=C(NCCCOCC1CC1)c1ccc2noc(-c3ccccc3)c2c1. The van der Waals surface area contributed by atoms with Gasteiger partial charge in [0.05, 0.1) is 5.39 Å². The maximum atomic E-state index is 12.4. The molecule has 1 saturated carbocycles. The normalized spacial score (nSPS) is 13.8. The summed E-state index contributed by atoms with van der Waals surface area (Å²) in [4.78, 5) is 12.4. The maximum absolute atomic E-state index is 12.4. The largest absolute Gasteiger partial charge is 0.381 e. The zero-order chi connectivity index (χ0) is 17.8. The number of hydrogen-bond donors (Lipinski definition) is 1. The van der Waals surface area contributed by atoms with Gasteiger partial charge in [-0.15, -0.1) is 0 Å². The number of nitrogens with one attached hydrogen (secondary N) is 1. The average molecular weight is 350 g/mol. The Labute approximate surface area is 152 Å². The van der Waals surface area contributed by atoms with Crippen molar-refractivity contribution in [1.29, 1.82) is 0 Å². The van der Waals surface area contributed by atoms with Crippen LogP contribution < -0.4 is 5.32 Å². The van der Waals surface area contributed by atoms with Gasteiger partial charge >= 0.3 is 0 Å². The molecule has 0 spiro atoms. The molecule has 4 rings (SSSR count). The zero-order valence-corrected chi connectivity index (χ0v) is 14.6. The van der Waals surface area contributed by atoms with Gasteiger partial charge in [0, 0.05) is 30.9 Å². The van der Waals surface area contributed by atoms with E-state index in [9.17, 15) is 4.79 Å². The Kier molecular flexibility index (Phi) is 4.97. The van der Waals surface area contributed by atoms with E-state index in [2.05, 4.69) is 10.5 Å². The van der Waals surface area contributed by atoms with E-state index in [4.69, 9.17) is 9.26 Å². The first-order valence-corrected chi connectivity index (χ1v) is 9.12. The van der Waals surface area contributed by atoms with Crippen LogP contribution in [0.15, 0.2) is 53.1 Å². The molecule has 0 atom stereocenters. The van der Waals surface area contributed by atoms with Crippen LogP contribution in [-0.4, -0.2) is 30.8 Å². The summed E-state index contributed by atoms with van der Waals surface area (Å²) in [6.45, 7) is 2.16. The Balaban J connectivity index is 1.38. The molecule has 134 valence electrons. The number of nitrogens with zero attached hydrogens (tertiary/aromatic N) is 1. The Hall–Kier alpha value is -2.66. The van der Waals surface area contributed by atoms with Crippen molar-refractivity contribution in [3.05, 3.63) is 54.1 Å². The first kappa shape index (κ1) is 16.8. The molecule has 1 aliphatic rings. The fourth-order valence-corrected chi connectivity index (χ4v) is 2.89. The lowest BCUT2D eigenvalue weighted by Gasteiger charge is -2.06. The van der Waals surface area contributed by atoms with Gasteiger partial charge in [-0.05, 0) is 43.4 Å². The van der Waals surface area contributed by atoms with Crippen LogP contribution in [-0.2, 0) is 4.74 Å². The fraction of sp³-hybridized carbons (Fsp3) is 0.333. The number of carbonyl (C=O) groups excluding carboxylic acids is 1. The van der Waals surface area contributed by atoms with Crippen molar-refractivity contribution in [3.8, 4) is 11.3 Å². The van der Waals surface area contributed by atoms with Gasteiger partial charge in [0.25, 0.3) is 5.91 Å². The van der Waals surface area contributed by atoms with Gasteiger partial charge in [0.1, 0.15) is 5.52 Å². The standard InChI is InChI=1S/C21H22N2O3/c24-21(22-11-4-12-25-14-15-7-8-15)17-9-10-19-18(13-17)20(26-23-19)16-5-2-1-3-6-16/h1-3,5-6,9-10,13,15H,4,7-8,11-12,14H2,(H,22,24). The van der Waals surface area contributed by atoms with E-state index in [1.807, 2.05) is 42.5 Å². The summed E-state index contributed by atoms with van der Waals surface area (Å²) in [5.41, 5.74) is 2.30. The molecule has 2 aromatic carbocycles. The summed E-state index contributed by atoms with van der Waals surface area (Å²) in [6, 6.07) is 15.2. The molecule has 0 bridgehead atoms. The summed E-state index contributed by atoms with van der Waals surface area (Å²) in [5, 5.41) is 7.88. The Bertz CT molecular complexity index is 885. The second-order valence-electron chi connectivity index (χ2n) is 6.74. The first-order chi connectivity index (χ1) is 12.8. The number of benzene rings is 2. The Morgan fingerprint density at radius 1 is 1.19 bits per heavy atom. The molecule has 0 unspecified atom stereocenters. The van der Waals surface area contributed by atoms with E-state index in [-0.39, 0.29) is 5.91 Å². The Morgan fingerprint density at radius 3 is 2.85 bits per heavy atom. The third kappa shape index (κ3) is 3.94. The van der Waals surface area contributed by atoms with E-state index in [0.717, 1.165) is 35.4 Å². The van der Waals surface area contributed by atoms with Crippen molar-refractivity contribution >= 4 is 16.8 Å². The van der Waals surface area contributed by atoms with Crippen molar-refractivity contribution in [2.24, 2.45) is 5.92 Å². The van der Waals surface area contributed by atoms with Gasteiger partial charge in [0.15, 0.2) is 5.76 Å². The topological polar surface area (TPSA) is 64.4 Å². The summed E-state index contributed by atoms with van der Waals surface area (Å²) < 4.78 is 11.1. The predicted octanol–water partition coefficient (Wildman–Crippen LogP) is 4.04. The molecule has 5 heteroatoms. The third-order valence-corrected chi connectivity index (χ3v) is 4.58. The van der Waals surface area contributed by atoms with Crippen molar-refractivity contribution in [3.63, 3.8) is 0 Å². The third-order valence-electron chi connectivity index (χ3n) is 4.58. The molecule has 1 amide bonds. The Morgan fingerprint density at radius 2 is 2.04 bits per heavy atom. The summed E-state index contributed by atoms with van der Waals surface area (Å²) >= 11 is 0. The lowest BCUT2D eigenvalue weighted by atomic mass is 10.1. The van der Waals surface area contributed by atoms with E-state index in [1.165, 1.54) is 12.8 Å². The number of ether oxygens (including phenoxy) is 1. The van der Waals surface area contributed by atoms with Gasteiger partial charge < -0.3 is 14.6 Å². The molecule has 3 aromatic rings. The number of aromatic nitrogens is 1. The average Bonchev–Trinajstić information content (AvgIpc) is 3.41.